The molecule has 0 fully saturated rings. The number of aldehydes is 1. The van der Waals surface area contributed by atoms with Gasteiger partial charge in [0.2, 0.25) is 0 Å². The second-order valence-electron chi connectivity index (χ2n) is 2.61. The molecule has 0 heterocycles. The molecule has 1 rings (SSSR count). The average Bonchev–Trinajstić information content (AvgIpc) is 2.07. The fourth-order valence-electron chi connectivity index (χ4n) is 1.02. The van der Waals surface area contributed by atoms with E-state index in [1.54, 1.807) is 0 Å². The Morgan fingerprint density at radius 1 is 1.54 bits per heavy atom. The first kappa shape index (κ1) is 9.38. The van der Waals surface area contributed by atoms with Gasteiger partial charge in [-0.3, -0.25) is 4.79 Å². The van der Waals surface area contributed by atoms with Crippen LogP contribution in [0.25, 0.3) is 0 Å². The van der Waals surface area contributed by atoms with Gasteiger partial charge in [0, 0.05) is 0 Å². The maximum Gasteiger partial charge on any atom is 0.336 e. The summed E-state index contributed by atoms with van der Waals surface area (Å²) >= 11 is 0. The number of carbonyl (C=O) groups is 2. The lowest BCUT2D eigenvalue weighted by Crippen LogP contribution is -2.02. The van der Waals surface area contributed by atoms with Crippen LogP contribution in [0.15, 0.2) is 12.1 Å². The summed E-state index contributed by atoms with van der Waals surface area (Å²) in [4.78, 5) is 20.8. The summed E-state index contributed by atoms with van der Waals surface area (Å²) in [6.45, 7) is 1.51. The highest BCUT2D eigenvalue weighted by atomic mass is 19.1. The zero-order valence-electron chi connectivity index (χ0n) is 6.87. The van der Waals surface area contributed by atoms with Crippen molar-refractivity contribution >= 4 is 12.3 Å². The molecular weight excluding hydrogens is 175 g/mol. The van der Waals surface area contributed by atoms with E-state index in [1.807, 2.05) is 0 Å². The number of carboxylic acids is 1. The minimum Gasteiger partial charge on any atom is -0.478 e. The average molecular weight is 182 g/mol. The first-order valence-corrected chi connectivity index (χ1v) is 3.55. The number of carboxylic acid groups (broad SMARTS) is 1. The van der Waals surface area contributed by atoms with Crippen molar-refractivity contribution in [3.8, 4) is 0 Å². The first-order valence-electron chi connectivity index (χ1n) is 3.55. The SMILES string of the molecule is Cc1cc(C=O)c(F)cc1C(=O)O. The number of hydrogen-bond donors (Lipinski definition) is 1. The maximum absolute atomic E-state index is 12.9. The highest BCUT2D eigenvalue weighted by Crippen LogP contribution is 2.13. The number of halogens is 1. The smallest absolute Gasteiger partial charge is 0.336 e. The Hall–Kier alpha value is -1.71. The predicted octanol–water partition coefficient (Wildman–Crippen LogP) is 1.64. The van der Waals surface area contributed by atoms with Crippen LogP contribution in [0.5, 0.6) is 0 Å². The van der Waals surface area contributed by atoms with Gasteiger partial charge in [0.15, 0.2) is 6.29 Å². The quantitative estimate of drug-likeness (QED) is 0.707. The van der Waals surface area contributed by atoms with Gasteiger partial charge in [-0.25, -0.2) is 9.18 Å². The van der Waals surface area contributed by atoms with Gasteiger partial charge < -0.3 is 5.11 Å². The van der Waals surface area contributed by atoms with Crippen molar-refractivity contribution in [3.05, 3.63) is 34.6 Å². The molecule has 1 aromatic carbocycles. The van der Waals surface area contributed by atoms with Crippen LogP contribution in [0.4, 0.5) is 4.39 Å². The summed E-state index contributed by atoms with van der Waals surface area (Å²) in [6.07, 6.45) is 0.355. The van der Waals surface area contributed by atoms with E-state index < -0.39 is 11.8 Å². The van der Waals surface area contributed by atoms with Crippen molar-refractivity contribution in [1.82, 2.24) is 0 Å². The molecule has 0 unspecified atom stereocenters. The topological polar surface area (TPSA) is 54.4 Å². The molecule has 0 radical (unpaired) electrons. The van der Waals surface area contributed by atoms with Gasteiger partial charge in [-0.15, -0.1) is 0 Å². The van der Waals surface area contributed by atoms with E-state index >= 15 is 0 Å². The molecule has 0 saturated carbocycles. The normalized spacial score (nSPS) is 9.69. The lowest BCUT2D eigenvalue weighted by Gasteiger charge is -2.01. The van der Waals surface area contributed by atoms with Crippen LogP contribution in [0.2, 0.25) is 0 Å². The molecule has 0 aromatic heterocycles. The van der Waals surface area contributed by atoms with Crippen molar-refractivity contribution in [2.24, 2.45) is 0 Å². The lowest BCUT2D eigenvalue weighted by atomic mass is 10.1. The van der Waals surface area contributed by atoms with Crippen LogP contribution in [-0.4, -0.2) is 17.4 Å². The van der Waals surface area contributed by atoms with Crippen LogP contribution in [0.3, 0.4) is 0 Å². The van der Waals surface area contributed by atoms with E-state index in [1.165, 1.54) is 13.0 Å². The zero-order valence-corrected chi connectivity index (χ0v) is 6.87. The van der Waals surface area contributed by atoms with Crippen LogP contribution >= 0.6 is 0 Å². The summed E-state index contributed by atoms with van der Waals surface area (Å²) in [5, 5.41) is 8.60. The Bertz CT molecular complexity index is 371. The minimum atomic E-state index is -1.20. The third-order valence-electron chi connectivity index (χ3n) is 1.70. The zero-order chi connectivity index (χ0) is 10.0. The van der Waals surface area contributed by atoms with Gasteiger partial charge in [0.1, 0.15) is 5.82 Å². The molecule has 1 aromatic rings. The second kappa shape index (κ2) is 3.35. The largest absolute Gasteiger partial charge is 0.478 e. The van der Waals surface area contributed by atoms with Gasteiger partial charge in [0.25, 0.3) is 0 Å². The van der Waals surface area contributed by atoms with Crippen molar-refractivity contribution in [1.29, 1.82) is 0 Å². The van der Waals surface area contributed by atoms with Crippen molar-refractivity contribution in [2.45, 2.75) is 6.92 Å². The number of rotatable bonds is 2. The van der Waals surface area contributed by atoms with Gasteiger partial charge >= 0.3 is 5.97 Å². The van der Waals surface area contributed by atoms with E-state index in [2.05, 4.69) is 0 Å². The first-order chi connectivity index (χ1) is 6.06. The minimum absolute atomic E-state index is 0.122. The van der Waals surface area contributed by atoms with Crippen molar-refractivity contribution in [3.63, 3.8) is 0 Å². The Morgan fingerprint density at radius 3 is 2.62 bits per heavy atom. The number of carbonyl (C=O) groups excluding carboxylic acids is 1. The van der Waals surface area contributed by atoms with Gasteiger partial charge in [-0.05, 0) is 24.6 Å². The highest BCUT2D eigenvalue weighted by Gasteiger charge is 2.11. The molecule has 1 N–H and O–H groups in total. The summed E-state index contributed by atoms with van der Waals surface area (Å²) in [5.74, 6) is -2.01. The molecule has 0 saturated heterocycles. The molecule has 0 spiro atoms. The van der Waals surface area contributed by atoms with Crippen LogP contribution in [0, 0.1) is 12.7 Å². The van der Waals surface area contributed by atoms with Crippen LogP contribution < -0.4 is 0 Å². The van der Waals surface area contributed by atoms with E-state index in [-0.39, 0.29) is 11.1 Å². The van der Waals surface area contributed by atoms with Crippen LogP contribution in [0.1, 0.15) is 26.3 Å². The van der Waals surface area contributed by atoms with Gasteiger partial charge in [-0.1, -0.05) is 0 Å². The monoisotopic (exact) mass is 182 g/mol. The van der Waals surface area contributed by atoms with Gasteiger partial charge in [-0.2, -0.15) is 0 Å². The fourth-order valence-corrected chi connectivity index (χ4v) is 1.02. The Labute approximate surface area is 73.8 Å². The Kier molecular flexibility index (Phi) is 2.41. The molecule has 0 aliphatic heterocycles. The third kappa shape index (κ3) is 1.72. The predicted molar refractivity (Wildman–Crippen MR) is 43.5 cm³/mol. The molecule has 0 atom stereocenters. The molecule has 0 bridgehead atoms. The molecule has 0 aliphatic carbocycles. The summed E-state index contributed by atoms with van der Waals surface area (Å²) in [6, 6.07) is 2.06. The molecule has 0 amide bonds. The Balaban J connectivity index is 3.36. The number of hydrogen-bond acceptors (Lipinski definition) is 2. The second-order valence-corrected chi connectivity index (χ2v) is 2.61. The maximum atomic E-state index is 12.9. The molecule has 13 heavy (non-hydrogen) atoms. The molecule has 4 heteroatoms. The third-order valence-corrected chi connectivity index (χ3v) is 1.70. The van der Waals surface area contributed by atoms with E-state index in [0.29, 0.717) is 11.8 Å². The lowest BCUT2D eigenvalue weighted by molar-refractivity contribution is 0.0695. The van der Waals surface area contributed by atoms with E-state index in [4.69, 9.17) is 5.11 Å². The van der Waals surface area contributed by atoms with Crippen LogP contribution in [-0.2, 0) is 0 Å². The Morgan fingerprint density at radius 2 is 2.15 bits per heavy atom. The van der Waals surface area contributed by atoms with E-state index in [9.17, 15) is 14.0 Å². The van der Waals surface area contributed by atoms with E-state index in [0.717, 1.165) is 6.07 Å². The molecule has 3 nitrogen and oxygen atoms in total. The molecule has 0 aliphatic rings. The highest BCUT2D eigenvalue weighted by molar-refractivity contribution is 5.90. The van der Waals surface area contributed by atoms with Gasteiger partial charge in [0.05, 0.1) is 11.1 Å². The summed E-state index contributed by atoms with van der Waals surface area (Å²) < 4.78 is 12.9. The number of aromatic carboxylic acids is 1. The number of benzene rings is 1. The number of aryl methyl sites for hydroxylation is 1. The fraction of sp³-hybridized carbons (Fsp3) is 0.111. The van der Waals surface area contributed by atoms with Crippen molar-refractivity contribution in [2.75, 3.05) is 0 Å². The standard InChI is InChI=1S/C9H7FO3/c1-5-2-6(4-11)8(10)3-7(5)9(12)13/h2-4H,1H3,(H,12,13). The molecular formula is C9H7FO3. The molecule has 68 valence electrons. The summed E-state index contributed by atoms with van der Waals surface area (Å²) in [7, 11) is 0. The summed E-state index contributed by atoms with van der Waals surface area (Å²) in [5.41, 5.74) is 0.126. The van der Waals surface area contributed by atoms with Crippen molar-refractivity contribution < 1.29 is 19.1 Å².